The molecule has 0 aliphatic rings. The Morgan fingerprint density at radius 3 is 1.22 bits per heavy atom. The van der Waals surface area contributed by atoms with Gasteiger partial charge in [0.05, 0.1) is 12.4 Å². The highest BCUT2D eigenvalue weighted by Crippen LogP contribution is 2.14. The van der Waals surface area contributed by atoms with Crippen molar-refractivity contribution >= 4 is 10.1 Å². The van der Waals surface area contributed by atoms with Crippen LogP contribution in [0, 0.1) is 0 Å². The van der Waals surface area contributed by atoms with Gasteiger partial charge < -0.3 is 0 Å². The fourth-order valence-corrected chi connectivity index (χ4v) is 3.94. The summed E-state index contributed by atoms with van der Waals surface area (Å²) in [6.45, 7) is 0.359. The molecule has 0 rings (SSSR count). The van der Waals surface area contributed by atoms with Gasteiger partial charge in [-0.25, -0.2) is 10.1 Å². The Balaban J connectivity index is 3.04. The van der Waals surface area contributed by atoms with Crippen LogP contribution >= 0.6 is 0 Å². The van der Waals surface area contributed by atoms with Gasteiger partial charge in [-0.2, -0.15) is 8.42 Å². The largest absolute Gasteiger partial charge is 0.286 e. The van der Waals surface area contributed by atoms with Crippen LogP contribution in [0.3, 0.4) is 0 Å². The van der Waals surface area contributed by atoms with E-state index in [9.17, 15) is 8.42 Å². The summed E-state index contributed by atoms with van der Waals surface area (Å²) in [5.41, 5.74) is 0. The Hall–Kier alpha value is -0.410. The van der Waals surface area contributed by atoms with Crippen molar-refractivity contribution in [3.63, 3.8) is 0 Å². The predicted molar refractivity (Wildman–Crippen MR) is 115 cm³/mol. The molecule has 194 valence electrons. The molecule has 0 aromatic carbocycles. The first-order valence-corrected chi connectivity index (χ1v) is 13.4. The van der Waals surface area contributed by atoms with Gasteiger partial charge in [-0.3, -0.25) is 4.55 Å². The second-order valence-corrected chi connectivity index (χ2v) is 9.46. The molecule has 0 spiro atoms. The van der Waals surface area contributed by atoms with Crippen LogP contribution in [0.4, 0.5) is 0 Å². The zero-order chi connectivity index (χ0) is 23.6. The lowest BCUT2D eigenvalue weighted by atomic mass is 10.0. The van der Waals surface area contributed by atoms with Gasteiger partial charge in [0, 0.05) is 0 Å². The van der Waals surface area contributed by atoms with Crippen LogP contribution in [0.15, 0.2) is 0 Å². The minimum atomic E-state index is -3.78. The third-order valence-corrected chi connectivity index (χ3v) is 5.87. The van der Waals surface area contributed by atoms with Crippen molar-refractivity contribution < 1.29 is 53.3 Å². The first-order valence-electron chi connectivity index (χ1n) is 11.8. The molecule has 0 saturated carbocycles. The fourth-order valence-electron chi connectivity index (χ4n) is 3.37. The van der Waals surface area contributed by atoms with Gasteiger partial charge in [0.2, 0.25) is 0 Å². The number of unbranched alkanes of at least 4 members (excludes halogenated alkanes) is 17. The third kappa shape index (κ3) is 29.6. The molecule has 0 aromatic rings. The van der Waals surface area contributed by atoms with Crippen LogP contribution < -0.4 is 0 Å². The van der Waals surface area contributed by atoms with Crippen molar-refractivity contribution in [1.29, 1.82) is 0 Å². The molecular formula is C20H42O11S. The van der Waals surface area contributed by atoms with E-state index >= 15 is 0 Å². The second-order valence-electron chi connectivity index (χ2n) is 7.89. The maximum atomic E-state index is 10.6. The maximum absolute atomic E-state index is 10.6. The van der Waals surface area contributed by atoms with Crippen molar-refractivity contribution in [3.8, 4) is 0 Å². The molecule has 0 bridgehead atoms. The van der Waals surface area contributed by atoms with Gasteiger partial charge >= 0.3 is 0 Å². The molecule has 0 amide bonds. The fraction of sp³-hybridized carbons (Fsp3) is 1.00. The van der Waals surface area contributed by atoms with Gasteiger partial charge in [-0.15, -0.1) is 0 Å². The Morgan fingerprint density at radius 1 is 0.469 bits per heavy atom. The molecule has 0 radical (unpaired) electrons. The number of hydrogen-bond acceptors (Lipinski definition) is 10. The van der Waals surface area contributed by atoms with E-state index in [0.29, 0.717) is 13.0 Å². The molecular weight excluding hydrogens is 448 g/mol. The Labute approximate surface area is 191 Å². The molecule has 32 heavy (non-hydrogen) atoms. The van der Waals surface area contributed by atoms with Crippen LogP contribution in [0.1, 0.15) is 116 Å². The summed E-state index contributed by atoms with van der Waals surface area (Å²) in [6.07, 6.45) is 20.8. The maximum Gasteiger partial charge on any atom is 0.264 e. The Kier molecular flexibility index (Phi) is 24.9. The van der Waals surface area contributed by atoms with Crippen molar-refractivity contribution in [2.75, 3.05) is 12.4 Å². The van der Waals surface area contributed by atoms with E-state index in [0.717, 1.165) is 38.5 Å². The molecule has 0 fully saturated rings. The molecule has 0 aromatic heterocycles. The van der Waals surface area contributed by atoms with Crippen molar-refractivity contribution in [1.82, 2.24) is 0 Å². The number of rotatable bonds is 27. The zero-order valence-corrected chi connectivity index (χ0v) is 19.9. The summed E-state index contributed by atoms with van der Waals surface area (Å²) >= 11 is 0. The van der Waals surface area contributed by atoms with Crippen molar-refractivity contribution in [2.45, 2.75) is 116 Å². The highest BCUT2D eigenvalue weighted by atomic mass is 32.2. The molecule has 0 atom stereocenters. The van der Waals surface area contributed by atoms with E-state index in [2.05, 4.69) is 35.1 Å². The first kappa shape index (κ1) is 31.6. The Bertz CT molecular complexity index is 462. The predicted octanol–water partition coefficient (Wildman–Crippen LogP) is 5.98. The van der Waals surface area contributed by atoms with Gasteiger partial charge in [-0.05, 0) is 43.1 Å². The van der Waals surface area contributed by atoms with Crippen LogP contribution in [0.5, 0.6) is 0 Å². The smallest absolute Gasteiger partial charge is 0.264 e. The highest BCUT2D eigenvalue weighted by molar-refractivity contribution is 7.85. The summed E-state index contributed by atoms with van der Waals surface area (Å²) in [7, 11) is -3.78. The van der Waals surface area contributed by atoms with Crippen LogP contribution in [-0.4, -0.2) is 30.6 Å². The topological polar surface area (TPSA) is 139 Å². The van der Waals surface area contributed by atoms with E-state index in [1.807, 2.05) is 0 Å². The van der Waals surface area contributed by atoms with Gasteiger partial charge in [-0.1, -0.05) is 103 Å². The molecule has 0 unspecified atom stereocenters. The van der Waals surface area contributed by atoms with E-state index in [1.54, 1.807) is 0 Å². The quantitative estimate of drug-likeness (QED) is 0.0608. The second kappa shape index (κ2) is 25.2. The average Bonchev–Trinajstić information content (AvgIpc) is 2.75. The minimum absolute atomic E-state index is 0.107. The molecule has 12 heteroatoms. The molecule has 0 aliphatic heterocycles. The lowest BCUT2D eigenvalue weighted by Crippen LogP contribution is -2.03. The summed E-state index contributed by atoms with van der Waals surface area (Å²) in [5, 5.41) is 29.6. The summed E-state index contributed by atoms with van der Waals surface area (Å²) in [6, 6.07) is 0. The molecule has 11 nitrogen and oxygen atoms in total. The number of hydrogen-bond donors (Lipinski definition) is 2. The van der Waals surface area contributed by atoms with Crippen LogP contribution in [0.2, 0.25) is 0 Å². The highest BCUT2D eigenvalue weighted by Gasteiger charge is 2.03. The summed E-state index contributed by atoms with van der Waals surface area (Å²) < 4.78 is 29.8. The monoisotopic (exact) mass is 490 g/mol. The van der Waals surface area contributed by atoms with E-state index in [1.165, 1.54) is 70.6 Å². The van der Waals surface area contributed by atoms with Gasteiger partial charge in [0.1, 0.15) is 0 Å². The van der Waals surface area contributed by atoms with E-state index in [4.69, 9.17) is 9.81 Å². The summed E-state index contributed by atoms with van der Waals surface area (Å²) in [4.78, 5) is 4.65. The SMILES string of the molecule is O=S(=O)(O)CCCCCCCCCCCCCCCCCCCCOOOOOOOO. The Morgan fingerprint density at radius 2 is 0.812 bits per heavy atom. The van der Waals surface area contributed by atoms with Gasteiger partial charge in [0.15, 0.2) is 0 Å². The van der Waals surface area contributed by atoms with Crippen LogP contribution in [0.25, 0.3) is 0 Å². The van der Waals surface area contributed by atoms with E-state index < -0.39 is 10.1 Å². The minimum Gasteiger partial charge on any atom is -0.286 e. The normalized spacial score (nSPS) is 11.9. The lowest BCUT2D eigenvalue weighted by Gasteiger charge is -2.04. The first-order chi connectivity index (χ1) is 15.6. The standard InChI is InChI=1S/C20H42O11S/c21-26-28-30-31-29-27-25-19-17-15-13-11-9-7-5-3-1-2-4-6-8-10-12-14-16-18-20-32(22,23)24/h21H,1-20H2,(H,22,23,24). The van der Waals surface area contributed by atoms with Crippen molar-refractivity contribution in [3.05, 3.63) is 0 Å². The molecule has 0 aliphatic carbocycles. The molecule has 2 N–H and O–H groups in total. The molecule has 0 saturated heterocycles. The summed E-state index contributed by atoms with van der Waals surface area (Å²) in [5.74, 6) is -0.107. The molecule has 0 heterocycles. The third-order valence-electron chi connectivity index (χ3n) is 5.07. The average molecular weight is 491 g/mol. The lowest BCUT2D eigenvalue weighted by molar-refractivity contribution is -0.812. The van der Waals surface area contributed by atoms with Crippen LogP contribution in [-0.2, 0) is 45.2 Å². The van der Waals surface area contributed by atoms with E-state index in [-0.39, 0.29) is 5.75 Å². The van der Waals surface area contributed by atoms with Gasteiger partial charge in [0.25, 0.3) is 10.1 Å². The van der Waals surface area contributed by atoms with Crippen molar-refractivity contribution in [2.24, 2.45) is 0 Å². The zero-order valence-electron chi connectivity index (χ0n) is 19.1.